The minimum atomic E-state index is -0.887. The van der Waals surface area contributed by atoms with Crippen molar-refractivity contribution in [3.05, 3.63) is 96.1 Å². The van der Waals surface area contributed by atoms with Crippen LogP contribution < -0.4 is 10.2 Å². The number of pyridine rings is 1. The molecule has 36 heavy (non-hydrogen) atoms. The highest BCUT2D eigenvalue weighted by Gasteiger charge is 2.36. The van der Waals surface area contributed by atoms with Gasteiger partial charge in [0.15, 0.2) is 0 Å². The van der Waals surface area contributed by atoms with E-state index in [1.165, 1.54) is 0 Å². The number of carbonyl (C=O) groups excluding carboxylic acids is 1. The second-order valence-corrected chi connectivity index (χ2v) is 9.10. The zero-order valence-electron chi connectivity index (χ0n) is 20.2. The molecule has 0 bridgehead atoms. The number of rotatable bonds is 7. The van der Waals surface area contributed by atoms with E-state index in [1.54, 1.807) is 0 Å². The zero-order chi connectivity index (χ0) is 25.1. The van der Waals surface area contributed by atoms with Crippen LogP contribution in [0.1, 0.15) is 48.1 Å². The summed E-state index contributed by atoms with van der Waals surface area (Å²) in [7, 11) is 0. The maximum Gasteiger partial charge on any atom is 0.326 e. The molecule has 1 saturated heterocycles. The Morgan fingerprint density at radius 3 is 2.36 bits per heavy atom. The van der Waals surface area contributed by atoms with Crippen LogP contribution in [0, 0.1) is 0 Å². The van der Waals surface area contributed by atoms with Crippen molar-refractivity contribution in [1.29, 1.82) is 0 Å². The first-order valence-electron chi connectivity index (χ1n) is 12.4. The number of benzene rings is 3. The molecule has 2 heterocycles. The third-order valence-electron chi connectivity index (χ3n) is 6.88. The molecule has 1 amide bonds. The van der Waals surface area contributed by atoms with E-state index in [2.05, 4.69) is 5.32 Å². The van der Waals surface area contributed by atoms with Crippen molar-refractivity contribution in [1.82, 2.24) is 10.3 Å². The Hall–Kier alpha value is -4.19. The summed E-state index contributed by atoms with van der Waals surface area (Å²) in [5.74, 6) is -1.12. The fourth-order valence-electron chi connectivity index (χ4n) is 5.14. The number of nitrogens with one attached hydrogen (secondary N) is 1. The summed E-state index contributed by atoms with van der Waals surface area (Å²) in [6, 6.07) is 26.3. The molecule has 0 unspecified atom stereocenters. The number of hydrogen-bond donors (Lipinski definition) is 2. The molecular formula is C30H29N3O3. The van der Waals surface area contributed by atoms with Crippen LogP contribution in [0.4, 0.5) is 5.69 Å². The van der Waals surface area contributed by atoms with Gasteiger partial charge in [0, 0.05) is 17.5 Å². The van der Waals surface area contributed by atoms with E-state index >= 15 is 0 Å². The molecule has 0 spiro atoms. The van der Waals surface area contributed by atoms with Crippen LogP contribution in [0.5, 0.6) is 0 Å². The van der Waals surface area contributed by atoms with Crippen LogP contribution in [0.15, 0.2) is 84.9 Å². The van der Waals surface area contributed by atoms with Crippen LogP contribution >= 0.6 is 0 Å². The van der Waals surface area contributed by atoms with Gasteiger partial charge in [-0.2, -0.15) is 0 Å². The number of hydrogen-bond acceptors (Lipinski definition) is 4. The van der Waals surface area contributed by atoms with E-state index in [-0.39, 0.29) is 11.9 Å². The smallest absolute Gasteiger partial charge is 0.326 e. The maximum atomic E-state index is 14.1. The molecule has 2 N–H and O–H groups in total. The summed E-state index contributed by atoms with van der Waals surface area (Å²) in [4.78, 5) is 33.2. The molecule has 1 fully saturated rings. The van der Waals surface area contributed by atoms with E-state index in [0.717, 1.165) is 24.0 Å². The number of aliphatic carboxylic acids is 1. The van der Waals surface area contributed by atoms with Gasteiger partial charge in [0.1, 0.15) is 6.04 Å². The molecule has 182 valence electrons. The summed E-state index contributed by atoms with van der Waals surface area (Å²) in [6.45, 7) is 2.59. The van der Waals surface area contributed by atoms with Crippen LogP contribution in [0.3, 0.4) is 0 Å². The Balaban J connectivity index is 1.73. The molecule has 2 atom stereocenters. The number of carbonyl (C=O) groups is 2. The maximum absolute atomic E-state index is 14.1. The minimum Gasteiger partial charge on any atom is -0.480 e. The largest absolute Gasteiger partial charge is 0.480 e. The third kappa shape index (κ3) is 4.42. The number of carboxylic acids is 1. The lowest BCUT2D eigenvalue weighted by atomic mass is 9.97. The lowest BCUT2D eigenvalue weighted by Crippen LogP contribution is -2.38. The third-order valence-corrected chi connectivity index (χ3v) is 6.88. The quantitative estimate of drug-likeness (QED) is 0.348. The molecule has 4 aromatic rings. The second-order valence-electron chi connectivity index (χ2n) is 9.10. The van der Waals surface area contributed by atoms with Gasteiger partial charge in [0.05, 0.1) is 28.5 Å². The highest BCUT2D eigenvalue weighted by Crippen LogP contribution is 2.40. The number of para-hydroxylation sites is 1. The number of nitrogens with zero attached hydrogens (tertiary/aromatic N) is 2. The van der Waals surface area contributed by atoms with Gasteiger partial charge in [-0.3, -0.25) is 4.79 Å². The van der Waals surface area contributed by atoms with Crippen LogP contribution in [0.25, 0.3) is 22.2 Å². The molecule has 5 rings (SSSR count). The monoisotopic (exact) mass is 479 g/mol. The fraction of sp³-hybridized carbons (Fsp3) is 0.233. The van der Waals surface area contributed by atoms with Crippen LogP contribution in [-0.4, -0.2) is 34.6 Å². The van der Waals surface area contributed by atoms with Gasteiger partial charge < -0.3 is 15.3 Å². The normalized spacial score (nSPS) is 16.1. The molecule has 3 aromatic carbocycles. The van der Waals surface area contributed by atoms with Gasteiger partial charge >= 0.3 is 5.97 Å². The lowest BCUT2D eigenvalue weighted by molar-refractivity contribution is -0.138. The van der Waals surface area contributed by atoms with E-state index in [1.807, 2.05) is 96.8 Å². The van der Waals surface area contributed by atoms with Crippen molar-refractivity contribution in [2.24, 2.45) is 0 Å². The molecule has 6 heteroatoms. The number of carboxylic acid groups (broad SMARTS) is 1. The first-order chi connectivity index (χ1) is 17.6. The Bertz CT molecular complexity index is 1390. The van der Waals surface area contributed by atoms with Crippen LogP contribution in [-0.2, 0) is 4.79 Å². The number of anilines is 1. The van der Waals surface area contributed by atoms with Crippen molar-refractivity contribution in [3.63, 3.8) is 0 Å². The van der Waals surface area contributed by atoms with E-state index in [9.17, 15) is 14.7 Å². The number of fused-ring (bicyclic) bond motifs is 1. The molecule has 1 aromatic heterocycles. The standard InChI is InChI=1S/C30H29N3O3/c1-2-23(20-12-5-3-6-13-20)32-29(34)26-22-16-9-10-17-24(22)31-27(21-14-7-4-8-15-21)28(26)33-19-11-18-25(33)30(35)36/h3-10,12-17,23,25H,2,11,18-19H2,1H3,(H,32,34)(H,35,36)/t23-,25-/m0/s1. The van der Waals surface area contributed by atoms with Gasteiger partial charge in [0.2, 0.25) is 0 Å². The molecule has 6 nitrogen and oxygen atoms in total. The predicted molar refractivity (Wildman–Crippen MR) is 142 cm³/mol. The van der Waals surface area contributed by atoms with E-state index in [4.69, 9.17) is 4.98 Å². The van der Waals surface area contributed by atoms with Crippen LogP contribution in [0.2, 0.25) is 0 Å². The van der Waals surface area contributed by atoms with Crippen molar-refractivity contribution in [2.45, 2.75) is 38.3 Å². The number of amides is 1. The summed E-state index contributed by atoms with van der Waals surface area (Å²) >= 11 is 0. The van der Waals surface area contributed by atoms with Gasteiger partial charge in [0.25, 0.3) is 5.91 Å². The second kappa shape index (κ2) is 10.2. The predicted octanol–water partition coefficient (Wildman–Crippen LogP) is 5.84. The highest BCUT2D eigenvalue weighted by atomic mass is 16.4. The average Bonchev–Trinajstić information content (AvgIpc) is 3.41. The minimum absolute atomic E-state index is 0.174. The van der Waals surface area contributed by atoms with Crippen molar-refractivity contribution in [3.8, 4) is 11.3 Å². The molecule has 0 saturated carbocycles. The highest BCUT2D eigenvalue weighted by molar-refractivity contribution is 6.14. The summed E-state index contributed by atoms with van der Waals surface area (Å²) < 4.78 is 0. The van der Waals surface area contributed by atoms with Gasteiger partial charge in [-0.15, -0.1) is 0 Å². The van der Waals surface area contributed by atoms with Crippen molar-refractivity contribution >= 4 is 28.5 Å². The van der Waals surface area contributed by atoms with Gasteiger partial charge in [-0.25, -0.2) is 9.78 Å². The SMILES string of the molecule is CC[C@H](NC(=O)c1c(N2CCC[C@H]2C(=O)O)c(-c2ccccc2)nc2ccccc12)c1ccccc1. The molecule has 0 aliphatic carbocycles. The van der Waals surface area contributed by atoms with E-state index < -0.39 is 12.0 Å². The summed E-state index contributed by atoms with van der Waals surface area (Å²) in [5, 5.41) is 14.0. The Morgan fingerprint density at radius 2 is 1.67 bits per heavy atom. The summed E-state index contributed by atoms with van der Waals surface area (Å²) in [5.41, 5.74) is 4.26. The molecular weight excluding hydrogens is 450 g/mol. The molecule has 1 aliphatic rings. The first-order valence-corrected chi connectivity index (χ1v) is 12.4. The molecule has 0 radical (unpaired) electrons. The lowest BCUT2D eigenvalue weighted by Gasteiger charge is -2.29. The van der Waals surface area contributed by atoms with Crippen molar-refractivity contribution in [2.75, 3.05) is 11.4 Å². The topological polar surface area (TPSA) is 82.5 Å². The van der Waals surface area contributed by atoms with Crippen molar-refractivity contribution < 1.29 is 14.7 Å². The fourth-order valence-corrected chi connectivity index (χ4v) is 5.14. The van der Waals surface area contributed by atoms with E-state index in [0.29, 0.717) is 40.8 Å². The first kappa shape index (κ1) is 23.5. The number of aromatic nitrogens is 1. The Kier molecular flexibility index (Phi) is 6.67. The molecule has 1 aliphatic heterocycles. The zero-order valence-corrected chi connectivity index (χ0v) is 20.2. The van der Waals surface area contributed by atoms with Gasteiger partial charge in [-0.05, 0) is 30.9 Å². The Labute approximate surface area is 210 Å². The Morgan fingerprint density at radius 1 is 1.00 bits per heavy atom. The summed E-state index contributed by atoms with van der Waals surface area (Å²) in [6.07, 6.45) is 1.99. The van der Waals surface area contributed by atoms with Gasteiger partial charge in [-0.1, -0.05) is 85.8 Å². The average molecular weight is 480 g/mol.